The largest absolute Gasteiger partial charge is 0.342 e. The second kappa shape index (κ2) is 7.01. The minimum absolute atomic E-state index is 0.150. The van der Waals surface area contributed by atoms with Crippen LogP contribution in [0.5, 0.6) is 0 Å². The fraction of sp³-hybridized carbons (Fsp3) is 0.286. The van der Waals surface area contributed by atoms with Crippen molar-refractivity contribution in [2.24, 2.45) is 40.6 Å². The minimum atomic E-state index is -0.243. The zero-order valence-electron chi connectivity index (χ0n) is 18.4. The molecule has 6 atom stereocenters. The smallest absolute Gasteiger partial charge is 0.254 e. The minimum Gasteiger partial charge on any atom is -0.342 e. The van der Waals surface area contributed by atoms with Crippen LogP contribution in [0.15, 0.2) is 72.0 Å². The van der Waals surface area contributed by atoms with Gasteiger partial charge in [-0.25, -0.2) is 0 Å². The third kappa shape index (κ3) is 2.64. The van der Waals surface area contributed by atoms with Crippen molar-refractivity contribution < 1.29 is 9.59 Å². The van der Waals surface area contributed by atoms with Gasteiger partial charge in [0, 0.05) is 29.2 Å². The number of nitriles is 1. The molecule has 0 radical (unpaired) electrons. The first-order valence-electron chi connectivity index (χ1n) is 11.8. The van der Waals surface area contributed by atoms with E-state index < -0.39 is 0 Å². The first kappa shape index (κ1) is 19.5. The summed E-state index contributed by atoms with van der Waals surface area (Å²) in [4.78, 5) is 26.5. The quantitative estimate of drug-likeness (QED) is 0.346. The number of para-hydroxylation sites is 1. The van der Waals surface area contributed by atoms with E-state index in [0.717, 1.165) is 33.5 Å². The summed E-state index contributed by atoms with van der Waals surface area (Å²) in [5, 5.41) is 16.0. The van der Waals surface area contributed by atoms with Gasteiger partial charge in [0.25, 0.3) is 11.8 Å². The van der Waals surface area contributed by atoms with E-state index in [-0.39, 0.29) is 35.5 Å². The van der Waals surface area contributed by atoms with Gasteiger partial charge in [0.05, 0.1) is 29.7 Å². The molecule has 0 unspecified atom stereocenters. The van der Waals surface area contributed by atoms with Crippen molar-refractivity contribution in [2.45, 2.75) is 13.0 Å². The zero-order chi connectivity index (χ0) is 23.0. The molecule has 2 aromatic carbocycles. The monoisotopic (exact) mass is 446 g/mol. The Morgan fingerprint density at radius 1 is 0.971 bits per heavy atom. The molecule has 2 amide bonds. The van der Waals surface area contributed by atoms with Crippen LogP contribution in [0.1, 0.15) is 23.1 Å². The van der Waals surface area contributed by atoms with Crippen molar-refractivity contribution in [3.05, 3.63) is 83.6 Å². The second-order valence-electron chi connectivity index (χ2n) is 9.89. The fourth-order valence-corrected chi connectivity index (χ4v) is 6.63. The van der Waals surface area contributed by atoms with Crippen LogP contribution in [0, 0.1) is 46.8 Å². The molecule has 4 aliphatic carbocycles. The Balaban J connectivity index is 1.22. The van der Waals surface area contributed by atoms with Crippen molar-refractivity contribution in [1.82, 2.24) is 9.58 Å². The lowest BCUT2D eigenvalue weighted by molar-refractivity contribution is -0.140. The number of nitrogens with zero attached hydrogens (tertiary/aromatic N) is 4. The summed E-state index contributed by atoms with van der Waals surface area (Å²) in [6.45, 7) is 0.543. The van der Waals surface area contributed by atoms with Crippen LogP contribution in [0.3, 0.4) is 0 Å². The number of hydrogen-bond donors (Lipinski definition) is 0. The molecular weight excluding hydrogens is 424 g/mol. The molecule has 166 valence electrons. The molecule has 2 heterocycles. The lowest BCUT2D eigenvalue weighted by Crippen LogP contribution is -2.40. The molecule has 1 aromatic heterocycles. The first-order chi connectivity index (χ1) is 16.7. The van der Waals surface area contributed by atoms with Gasteiger partial charge in [-0.3, -0.25) is 9.59 Å². The molecule has 0 N–H and O–H groups in total. The van der Waals surface area contributed by atoms with E-state index in [2.05, 4.69) is 27.9 Å². The first-order valence-corrected chi connectivity index (χ1v) is 11.8. The predicted molar refractivity (Wildman–Crippen MR) is 126 cm³/mol. The van der Waals surface area contributed by atoms with Crippen molar-refractivity contribution >= 4 is 28.9 Å². The van der Waals surface area contributed by atoms with E-state index in [1.54, 1.807) is 6.21 Å². The maximum absolute atomic E-state index is 13.2. The number of amides is 2. The third-order valence-corrected chi connectivity index (χ3v) is 8.25. The molecule has 34 heavy (non-hydrogen) atoms. The summed E-state index contributed by atoms with van der Waals surface area (Å²) in [5.74, 6) is 0.750. The Morgan fingerprint density at radius 3 is 2.38 bits per heavy atom. The van der Waals surface area contributed by atoms with Crippen LogP contribution in [0.2, 0.25) is 0 Å². The topological polar surface area (TPSA) is 78.5 Å². The summed E-state index contributed by atoms with van der Waals surface area (Å²) in [7, 11) is 0. The number of imide groups is 1. The predicted octanol–water partition coefficient (Wildman–Crippen LogP) is 3.95. The number of carbonyl (C=O) groups is 2. The zero-order valence-corrected chi connectivity index (χ0v) is 18.4. The maximum Gasteiger partial charge on any atom is 0.254 e. The number of hydrogen-bond acceptors (Lipinski definition) is 4. The van der Waals surface area contributed by atoms with Gasteiger partial charge in [-0.05, 0) is 47.8 Å². The van der Waals surface area contributed by atoms with E-state index in [0.29, 0.717) is 23.9 Å². The van der Waals surface area contributed by atoms with Crippen molar-refractivity contribution in [1.29, 1.82) is 5.26 Å². The van der Waals surface area contributed by atoms with Crippen LogP contribution in [-0.2, 0) is 16.1 Å². The van der Waals surface area contributed by atoms with E-state index in [4.69, 9.17) is 0 Å². The highest BCUT2D eigenvalue weighted by molar-refractivity contribution is 6.07. The number of rotatable bonds is 4. The molecule has 6 nitrogen and oxygen atoms in total. The number of aromatic nitrogens is 1. The van der Waals surface area contributed by atoms with Gasteiger partial charge < -0.3 is 4.57 Å². The van der Waals surface area contributed by atoms with E-state index in [1.807, 2.05) is 54.7 Å². The van der Waals surface area contributed by atoms with Gasteiger partial charge in [0.2, 0.25) is 0 Å². The van der Waals surface area contributed by atoms with E-state index in [9.17, 15) is 14.9 Å². The molecule has 1 saturated heterocycles. The van der Waals surface area contributed by atoms with Crippen molar-refractivity contribution in [3.63, 3.8) is 0 Å². The van der Waals surface area contributed by atoms with Crippen molar-refractivity contribution in [3.8, 4) is 6.07 Å². The molecule has 2 saturated carbocycles. The average molecular weight is 447 g/mol. The Bertz CT molecular complexity index is 1440. The Hall–Kier alpha value is -3.98. The lowest BCUT2D eigenvalue weighted by atomic mass is 9.63. The summed E-state index contributed by atoms with van der Waals surface area (Å²) in [5.41, 5.74) is 3.42. The fourth-order valence-electron chi connectivity index (χ4n) is 6.63. The van der Waals surface area contributed by atoms with Crippen LogP contribution in [0.4, 0.5) is 0 Å². The Labute approximate surface area is 196 Å². The van der Waals surface area contributed by atoms with Gasteiger partial charge >= 0.3 is 0 Å². The Kier molecular flexibility index (Phi) is 4.02. The summed E-state index contributed by atoms with van der Waals surface area (Å²) in [6.07, 6.45) is 9.10. The molecule has 8 rings (SSSR count). The third-order valence-electron chi connectivity index (χ3n) is 8.25. The van der Waals surface area contributed by atoms with Gasteiger partial charge in [-0.1, -0.05) is 48.6 Å². The maximum atomic E-state index is 13.2. The molecule has 0 spiro atoms. The number of fused-ring (bicyclic) bond motifs is 1. The highest BCUT2D eigenvalue weighted by Gasteiger charge is 2.67. The summed E-state index contributed by atoms with van der Waals surface area (Å²) < 4.78 is 2.08. The van der Waals surface area contributed by atoms with Gasteiger partial charge in [0.1, 0.15) is 0 Å². The van der Waals surface area contributed by atoms with Gasteiger partial charge in [-0.15, -0.1) is 0 Å². The highest BCUT2D eigenvalue weighted by atomic mass is 16.2. The van der Waals surface area contributed by atoms with Crippen LogP contribution < -0.4 is 0 Å². The number of carbonyl (C=O) groups excluding carboxylic acids is 2. The molecular formula is C28H22N4O2. The van der Waals surface area contributed by atoms with Gasteiger partial charge in [0.15, 0.2) is 0 Å². The average Bonchev–Trinajstić information content (AvgIpc) is 3.58. The SMILES string of the molecule is N#Cc1ccccc1Cn1cc(/C=N\N2C(=O)[C@H]3[C@@H]4C=C[C@H]([C@@H]5C[C@H]45)[C@@H]3C2=O)c2ccccc21. The van der Waals surface area contributed by atoms with Crippen molar-refractivity contribution in [2.75, 3.05) is 0 Å². The molecule has 2 bridgehead atoms. The lowest BCUT2D eigenvalue weighted by Gasteiger charge is -2.37. The second-order valence-corrected chi connectivity index (χ2v) is 9.89. The molecule has 6 heteroatoms. The molecule has 3 aromatic rings. The molecule has 5 aliphatic rings. The van der Waals surface area contributed by atoms with Crippen LogP contribution in [-0.4, -0.2) is 27.6 Å². The van der Waals surface area contributed by atoms with Crippen LogP contribution >= 0.6 is 0 Å². The van der Waals surface area contributed by atoms with Crippen LogP contribution in [0.25, 0.3) is 10.9 Å². The van der Waals surface area contributed by atoms with Gasteiger partial charge in [-0.2, -0.15) is 15.4 Å². The Morgan fingerprint density at radius 2 is 1.65 bits per heavy atom. The standard InChI is InChI=1S/C28H22N4O2/c29-12-16-5-1-2-6-17(16)14-31-15-18(19-7-3-4-8-24(19)31)13-30-32-27(33)25-20-9-10-21(23-11-22(20)23)26(25)28(32)34/h1-10,13,15,20-23,25-26H,11,14H2/b30-13-/t20-,21-,22-,23+,25+,26+/m1/s1. The normalized spacial score (nSPS) is 30.7. The number of benzene rings is 2. The summed E-state index contributed by atoms with van der Waals surface area (Å²) >= 11 is 0. The van der Waals surface area contributed by atoms with E-state index in [1.165, 1.54) is 0 Å². The highest BCUT2D eigenvalue weighted by Crippen LogP contribution is 2.65. The number of allylic oxidation sites excluding steroid dienone is 2. The molecule has 1 aliphatic heterocycles. The molecule has 3 fully saturated rings. The van der Waals surface area contributed by atoms with E-state index >= 15 is 0 Å². The number of hydrazone groups is 1. The summed E-state index contributed by atoms with van der Waals surface area (Å²) in [6, 6.07) is 17.8.